The minimum Gasteiger partial charge on any atom is -0.493 e. The molecule has 0 unspecified atom stereocenters. The van der Waals surface area contributed by atoms with Crippen molar-refractivity contribution in [3.05, 3.63) is 47.8 Å². The lowest BCUT2D eigenvalue weighted by Gasteiger charge is -2.10. The summed E-state index contributed by atoms with van der Waals surface area (Å²) in [5.41, 5.74) is 1.81. The van der Waals surface area contributed by atoms with E-state index in [9.17, 15) is 4.79 Å². The van der Waals surface area contributed by atoms with Gasteiger partial charge < -0.3 is 14.0 Å². The molecule has 0 fully saturated rings. The predicted octanol–water partition coefficient (Wildman–Crippen LogP) is 2.76. The van der Waals surface area contributed by atoms with Gasteiger partial charge in [-0.15, -0.1) is 0 Å². The fourth-order valence-corrected chi connectivity index (χ4v) is 1.94. The van der Waals surface area contributed by atoms with Gasteiger partial charge in [0.1, 0.15) is 0 Å². The molecule has 0 amide bonds. The van der Waals surface area contributed by atoms with Crippen LogP contribution in [0.2, 0.25) is 0 Å². The lowest BCUT2D eigenvalue weighted by atomic mass is 10.2. The van der Waals surface area contributed by atoms with Gasteiger partial charge in [0.25, 0.3) is 0 Å². The highest BCUT2D eigenvalue weighted by Crippen LogP contribution is 2.27. The van der Waals surface area contributed by atoms with Crippen molar-refractivity contribution < 1.29 is 14.3 Å². The summed E-state index contributed by atoms with van der Waals surface area (Å²) < 4.78 is 12.4. The number of methoxy groups -OCH3 is 2. The highest BCUT2D eigenvalue weighted by Gasteiger charge is 2.06. The molecule has 0 spiro atoms. The van der Waals surface area contributed by atoms with Crippen LogP contribution in [0.4, 0.5) is 0 Å². The Morgan fingerprint density at radius 1 is 1.16 bits per heavy atom. The summed E-state index contributed by atoms with van der Waals surface area (Å²) in [5.74, 6) is 1.49. The van der Waals surface area contributed by atoms with Crippen LogP contribution in [0.3, 0.4) is 0 Å². The first kappa shape index (κ1) is 13.2. The van der Waals surface area contributed by atoms with Crippen LogP contribution < -0.4 is 9.47 Å². The van der Waals surface area contributed by atoms with E-state index >= 15 is 0 Å². The normalized spacial score (nSPS) is 10.3. The maximum absolute atomic E-state index is 11.2. The van der Waals surface area contributed by atoms with Crippen LogP contribution in [0, 0.1) is 0 Å². The number of rotatable bonds is 5. The molecule has 19 heavy (non-hydrogen) atoms. The van der Waals surface area contributed by atoms with Crippen LogP contribution >= 0.6 is 0 Å². The fourth-order valence-electron chi connectivity index (χ4n) is 1.94. The van der Waals surface area contributed by atoms with Gasteiger partial charge in [-0.1, -0.05) is 6.07 Å². The summed E-state index contributed by atoms with van der Waals surface area (Å²) in [5, 5.41) is 0. The van der Waals surface area contributed by atoms with Crippen molar-refractivity contribution >= 4 is 5.78 Å². The quantitative estimate of drug-likeness (QED) is 0.775. The first-order valence-corrected chi connectivity index (χ1v) is 6.01. The van der Waals surface area contributed by atoms with Gasteiger partial charge in [0.15, 0.2) is 17.3 Å². The van der Waals surface area contributed by atoms with Gasteiger partial charge in [0.05, 0.1) is 14.2 Å². The third-order valence-electron chi connectivity index (χ3n) is 2.97. The number of ketones is 1. The number of hydrogen-bond acceptors (Lipinski definition) is 3. The molecule has 0 N–H and O–H groups in total. The smallest absolute Gasteiger partial charge is 0.161 e. The van der Waals surface area contributed by atoms with Crippen LogP contribution in [0.1, 0.15) is 22.8 Å². The molecule has 0 saturated heterocycles. The molecule has 0 saturated carbocycles. The summed E-state index contributed by atoms with van der Waals surface area (Å²) in [7, 11) is 3.23. The molecule has 2 aromatic rings. The van der Waals surface area contributed by atoms with Gasteiger partial charge in [0.2, 0.25) is 0 Å². The summed E-state index contributed by atoms with van der Waals surface area (Å²) in [6.45, 7) is 2.25. The Hall–Kier alpha value is -2.23. The highest BCUT2D eigenvalue weighted by atomic mass is 16.5. The minimum absolute atomic E-state index is 0.0751. The third-order valence-corrected chi connectivity index (χ3v) is 2.97. The maximum Gasteiger partial charge on any atom is 0.161 e. The second-order valence-corrected chi connectivity index (χ2v) is 4.32. The van der Waals surface area contributed by atoms with E-state index < -0.39 is 0 Å². The number of nitrogens with zero attached hydrogens (tertiary/aromatic N) is 1. The van der Waals surface area contributed by atoms with Crippen LogP contribution in [0.5, 0.6) is 11.5 Å². The minimum atomic E-state index is 0.0751. The lowest BCUT2D eigenvalue weighted by molar-refractivity contribution is 0.101. The first-order valence-electron chi connectivity index (χ1n) is 6.01. The van der Waals surface area contributed by atoms with Gasteiger partial charge in [-0.2, -0.15) is 0 Å². The van der Waals surface area contributed by atoms with Crippen LogP contribution in [0.15, 0.2) is 36.7 Å². The van der Waals surface area contributed by atoms with E-state index in [-0.39, 0.29) is 5.78 Å². The lowest BCUT2D eigenvalue weighted by Crippen LogP contribution is -1.98. The van der Waals surface area contributed by atoms with E-state index in [2.05, 4.69) is 0 Å². The highest BCUT2D eigenvalue weighted by molar-refractivity contribution is 5.93. The van der Waals surface area contributed by atoms with Crippen molar-refractivity contribution in [1.29, 1.82) is 0 Å². The summed E-state index contributed by atoms with van der Waals surface area (Å²) in [4.78, 5) is 11.2. The third kappa shape index (κ3) is 2.96. The second-order valence-electron chi connectivity index (χ2n) is 4.32. The zero-order valence-electron chi connectivity index (χ0n) is 11.3. The molecule has 2 rings (SSSR count). The van der Waals surface area contributed by atoms with Crippen molar-refractivity contribution in [2.45, 2.75) is 13.5 Å². The van der Waals surface area contributed by atoms with E-state index in [1.54, 1.807) is 21.1 Å². The van der Waals surface area contributed by atoms with Crippen molar-refractivity contribution in [3.8, 4) is 11.5 Å². The van der Waals surface area contributed by atoms with Crippen molar-refractivity contribution in [3.63, 3.8) is 0 Å². The molecule has 1 heterocycles. The standard InChI is InChI=1S/C15H17NO3/c1-11(17)13-6-7-16(10-13)9-12-4-5-14(18-2)15(8-12)19-3/h4-8,10H,9H2,1-3H3. The van der Waals surface area contributed by atoms with Crippen LogP contribution in [-0.2, 0) is 6.54 Å². The first-order chi connectivity index (χ1) is 9.13. The monoisotopic (exact) mass is 259 g/mol. The Kier molecular flexibility index (Phi) is 3.90. The summed E-state index contributed by atoms with van der Waals surface area (Å²) in [6, 6.07) is 7.62. The number of Topliss-reactive ketones (excluding diaryl/α,β-unsaturated/α-hetero) is 1. The molecular weight excluding hydrogens is 242 g/mol. The molecule has 1 aromatic carbocycles. The molecule has 4 heteroatoms. The average Bonchev–Trinajstić information content (AvgIpc) is 2.87. The van der Waals surface area contributed by atoms with E-state index in [1.165, 1.54) is 0 Å². The second kappa shape index (κ2) is 5.61. The number of ether oxygens (including phenoxy) is 2. The Labute approximate surface area is 112 Å². The molecule has 1 aromatic heterocycles. The number of benzene rings is 1. The van der Waals surface area contributed by atoms with Crippen LogP contribution in [-0.4, -0.2) is 24.6 Å². The SMILES string of the molecule is COc1ccc(Cn2ccc(C(C)=O)c2)cc1OC. The summed E-state index contributed by atoms with van der Waals surface area (Å²) >= 11 is 0. The molecule has 0 bridgehead atoms. The largest absolute Gasteiger partial charge is 0.493 e. The summed E-state index contributed by atoms with van der Waals surface area (Å²) in [6.07, 6.45) is 3.74. The molecule has 4 nitrogen and oxygen atoms in total. The molecule has 100 valence electrons. The van der Waals surface area contributed by atoms with Crippen molar-refractivity contribution in [1.82, 2.24) is 4.57 Å². The number of carbonyl (C=O) groups is 1. The maximum atomic E-state index is 11.2. The number of carbonyl (C=O) groups excluding carboxylic acids is 1. The Morgan fingerprint density at radius 2 is 1.89 bits per heavy atom. The predicted molar refractivity (Wildman–Crippen MR) is 73.1 cm³/mol. The molecule has 0 aliphatic carbocycles. The average molecular weight is 259 g/mol. The van der Waals surface area contributed by atoms with E-state index in [0.29, 0.717) is 18.0 Å². The molecule has 0 radical (unpaired) electrons. The Morgan fingerprint density at radius 3 is 2.47 bits per heavy atom. The van der Waals surface area contributed by atoms with Crippen LogP contribution in [0.25, 0.3) is 0 Å². The van der Waals surface area contributed by atoms with Crippen molar-refractivity contribution in [2.75, 3.05) is 14.2 Å². The molecule has 0 atom stereocenters. The van der Waals surface area contributed by atoms with Gasteiger partial charge in [-0.05, 0) is 30.7 Å². The van der Waals surface area contributed by atoms with Gasteiger partial charge in [-0.3, -0.25) is 4.79 Å². The van der Waals surface area contributed by atoms with Crippen molar-refractivity contribution in [2.24, 2.45) is 0 Å². The van der Waals surface area contributed by atoms with E-state index in [1.807, 2.05) is 41.2 Å². The zero-order valence-corrected chi connectivity index (χ0v) is 11.3. The van der Waals surface area contributed by atoms with Gasteiger partial charge >= 0.3 is 0 Å². The van der Waals surface area contributed by atoms with E-state index in [4.69, 9.17) is 9.47 Å². The fraction of sp³-hybridized carbons (Fsp3) is 0.267. The molecule has 0 aliphatic heterocycles. The Balaban J connectivity index is 2.20. The molecular formula is C15H17NO3. The topological polar surface area (TPSA) is 40.5 Å². The molecule has 0 aliphatic rings. The van der Waals surface area contributed by atoms with Gasteiger partial charge in [-0.25, -0.2) is 0 Å². The van der Waals surface area contributed by atoms with E-state index in [0.717, 1.165) is 11.1 Å². The Bertz CT molecular complexity index is 587. The number of aromatic nitrogens is 1. The number of hydrogen-bond donors (Lipinski definition) is 0. The van der Waals surface area contributed by atoms with Gasteiger partial charge in [0, 0.05) is 24.5 Å². The zero-order chi connectivity index (χ0) is 13.8.